The maximum Gasteiger partial charge on any atom is 0.425 e. The van der Waals surface area contributed by atoms with E-state index in [4.69, 9.17) is 11.6 Å². The zero-order chi connectivity index (χ0) is 18.8. The molecule has 0 saturated heterocycles. The van der Waals surface area contributed by atoms with Crippen LogP contribution in [0.25, 0.3) is 5.57 Å². The van der Waals surface area contributed by atoms with Crippen molar-refractivity contribution in [2.45, 2.75) is 19.2 Å². The highest BCUT2D eigenvalue weighted by molar-refractivity contribution is 14.2. The molecule has 1 aromatic heterocycles. The molecule has 1 aliphatic rings. The van der Waals surface area contributed by atoms with Gasteiger partial charge in [-0.1, -0.05) is 0 Å². The number of allylic oxidation sites excluding steroid dienone is 3. The summed E-state index contributed by atoms with van der Waals surface area (Å²) in [6.45, 7) is 0.777. The Labute approximate surface area is 157 Å². The molecule has 1 aromatic rings. The molecular formula is C14H13F4IN4OS. The number of alkyl halides is 3. The number of halogens is 5. The van der Waals surface area contributed by atoms with Gasteiger partial charge in [-0.05, 0) is 39.6 Å². The van der Waals surface area contributed by atoms with Crippen LogP contribution < -0.4 is 16.3 Å². The Morgan fingerprint density at radius 3 is 2.60 bits per heavy atom. The normalized spacial score (nSPS) is 18.0. The Morgan fingerprint density at radius 2 is 2.08 bits per heavy atom. The van der Waals surface area contributed by atoms with Gasteiger partial charge in [-0.15, -0.1) is 0 Å². The summed E-state index contributed by atoms with van der Waals surface area (Å²) >= 11 is 2.03. The molecule has 1 unspecified atom stereocenters. The predicted octanol–water partition coefficient (Wildman–Crippen LogP) is 3.85. The van der Waals surface area contributed by atoms with E-state index in [0.717, 1.165) is 13.0 Å². The zero-order valence-corrected chi connectivity index (χ0v) is 15.7. The molecule has 0 radical (unpaired) electrons. The molecule has 11 heteroatoms. The minimum absolute atomic E-state index is 0.347. The lowest BCUT2D eigenvalue weighted by Crippen LogP contribution is -2.31. The fourth-order valence-electron chi connectivity index (χ4n) is 1.86. The van der Waals surface area contributed by atoms with Crippen LogP contribution in [0.15, 0.2) is 41.3 Å². The third-order valence-corrected chi connectivity index (χ3v) is 5.06. The van der Waals surface area contributed by atoms with E-state index >= 15 is 0 Å². The van der Waals surface area contributed by atoms with Crippen LogP contribution in [0.2, 0.25) is 0 Å². The van der Waals surface area contributed by atoms with Gasteiger partial charge in [-0.2, -0.15) is 13.2 Å². The summed E-state index contributed by atoms with van der Waals surface area (Å²) in [5, 5.41) is 1.99. The molecule has 25 heavy (non-hydrogen) atoms. The summed E-state index contributed by atoms with van der Waals surface area (Å²) in [5.41, 5.74) is 6.89. The Morgan fingerprint density at radius 1 is 1.40 bits per heavy atom. The number of ether oxygens (including phenoxy) is 1. The quantitative estimate of drug-likeness (QED) is 0.381. The first-order chi connectivity index (χ1) is 11.7. The van der Waals surface area contributed by atoms with Crippen molar-refractivity contribution in [1.29, 1.82) is 0 Å². The maximum absolute atomic E-state index is 14.1. The summed E-state index contributed by atoms with van der Waals surface area (Å²) < 4.78 is 56.2. The molecule has 2 heterocycles. The van der Waals surface area contributed by atoms with Gasteiger partial charge in [0, 0.05) is 39.2 Å². The number of hydrogen-bond donors (Lipinski definition) is 2. The van der Waals surface area contributed by atoms with E-state index in [1.165, 1.54) is 26.3 Å². The minimum atomic E-state index is -4.61. The van der Waals surface area contributed by atoms with Crippen LogP contribution in [-0.2, 0) is 0 Å². The average Bonchev–Trinajstić information content (AvgIpc) is 2.56. The van der Waals surface area contributed by atoms with Crippen LogP contribution in [0.4, 0.5) is 17.6 Å². The van der Waals surface area contributed by atoms with Crippen molar-refractivity contribution in [3.8, 4) is 5.88 Å². The standard InChI is InChI=1S/C14H13F4IN4OS/c1-7(14(16,17)18)24-13-11(15)3-9(6-22-13)8-2-10(5-20)23(21)12(4-8)25-19/h2-7H,20-21H2,1H3/b10-5-. The van der Waals surface area contributed by atoms with Crippen LogP contribution >= 0.6 is 30.1 Å². The summed E-state index contributed by atoms with van der Waals surface area (Å²) in [5.74, 6) is 4.15. The first-order valence-corrected chi connectivity index (χ1v) is 10.1. The van der Waals surface area contributed by atoms with Gasteiger partial charge in [0.25, 0.3) is 5.88 Å². The molecule has 0 aromatic carbocycles. The average molecular weight is 488 g/mol. The summed E-state index contributed by atoms with van der Waals surface area (Å²) in [4.78, 5) is 3.66. The number of aromatic nitrogens is 1. The van der Waals surface area contributed by atoms with E-state index in [9.17, 15) is 17.6 Å². The smallest absolute Gasteiger partial charge is 0.425 e. The van der Waals surface area contributed by atoms with Crippen molar-refractivity contribution in [2.75, 3.05) is 0 Å². The SMILES string of the molecule is CC(Oc1ncc(C2=C/C(=C/N)N(N)C(SI)=C2)cc1F)C(F)(F)F. The Kier molecular flexibility index (Phi) is 6.21. The maximum atomic E-state index is 14.1. The molecule has 0 amide bonds. The number of rotatable bonds is 4. The first-order valence-electron chi connectivity index (χ1n) is 6.75. The van der Waals surface area contributed by atoms with Gasteiger partial charge in [-0.25, -0.2) is 15.2 Å². The molecule has 5 nitrogen and oxygen atoms in total. The van der Waals surface area contributed by atoms with Crippen molar-refractivity contribution in [3.05, 3.63) is 52.7 Å². The number of hydrazine groups is 1. The highest BCUT2D eigenvalue weighted by atomic mass is 127. The summed E-state index contributed by atoms with van der Waals surface area (Å²) in [6, 6.07) is 1.05. The van der Waals surface area contributed by atoms with Crippen LogP contribution in [0.3, 0.4) is 0 Å². The molecule has 1 atom stereocenters. The summed E-state index contributed by atoms with van der Waals surface area (Å²) in [6.07, 6.45) is -0.996. The van der Waals surface area contributed by atoms with Crippen molar-refractivity contribution in [1.82, 2.24) is 9.99 Å². The molecule has 4 N–H and O–H groups in total. The van der Waals surface area contributed by atoms with Gasteiger partial charge in [-0.3, -0.25) is 5.01 Å². The first kappa shape index (κ1) is 19.8. The minimum Gasteiger partial charge on any atom is -0.463 e. The lowest BCUT2D eigenvalue weighted by atomic mass is 10.0. The van der Waals surface area contributed by atoms with Gasteiger partial charge in [0.15, 0.2) is 11.9 Å². The fourth-order valence-corrected chi connectivity index (χ4v) is 3.23. The second-order valence-electron chi connectivity index (χ2n) is 4.93. The van der Waals surface area contributed by atoms with E-state index in [1.54, 1.807) is 12.2 Å². The van der Waals surface area contributed by atoms with Crippen molar-refractivity contribution in [3.63, 3.8) is 0 Å². The highest BCUT2D eigenvalue weighted by Gasteiger charge is 2.38. The largest absolute Gasteiger partial charge is 0.463 e. The zero-order valence-electron chi connectivity index (χ0n) is 12.7. The summed E-state index contributed by atoms with van der Waals surface area (Å²) in [7, 11) is 1.32. The third kappa shape index (κ3) is 4.58. The fraction of sp³-hybridized carbons (Fsp3) is 0.214. The second-order valence-corrected chi connectivity index (χ2v) is 6.83. The molecule has 0 aliphatic carbocycles. The van der Waals surface area contributed by atoms with Crippen molar-refractivity contribution in [2.24, 2.45) is 11.6 Å². The second kappa shape index (κ2) is 7.83. The molecule has 1 aliphatic heterocycles. The topological polar surface area (TPSA) is 77.4 Å². The predicted molar refractivity (Wildman–Crippen MR) is 96.3 cm³/mol. The van der Waals surface area contributed by atoms with Gasteiger partial charge in [0.05, 0.1) is 5.70 Å². The highest BCUT2D eigenvalue weighted by Crippen LogP contribution is 2.36. The van der Waals surface area contributed by atoms with Crippen molar-refractivity contribution < 1.29 is 22.3 Å². The molecule has 136 valence electrons. The Balaban J connectivity index is 2.33. The molecule has 0 fully saturated rings. The molecular weight excluding hydrogens is 475 g/mol. The Bertz CT molecular complexity index is 751. The number of nitrogens with zero attached hydrogens (tertiary/aromatic N) is 2. The van der Waals surface area contributed by atoms with E-state index in [-0.39, 0.29) is 0 Å². The van der Waals surface area contributed by atoms with Crippen LogP contribution in [0.1, 0.15) is 12.5 Å². The molecule has 0 bridgehead atoms. The molecule has 0 saturated carbocycles. The monoisotopic (exact) mass is 488 g/mol. The van der Waals surface area contributed by atoms with E-state index < -0.39 is 24.0 Å². The number of pyridine rings is 1. The van der Waals surface area contributed by atoms with E-state index in [0.29, 0.717) is 21.9 Å². The Hall–Kier alpha value is -1.47. The third-order valence-electron chi connectivity index (χ3n) is 3.24. The number of nitrogens with two attached hydrogens (primary N) is 2. The van der Waals surface area contributed by atoms with E-state index in [2.05, 4.69) is 9.72 Å². The lowest BCUT2D eigenvalue weighted by molar-refractivity contribution is -0.190. The van der Waals surface area contributed by atoms with Gasteiger partial charge >= 0.3 is 6.18 Å². The van der Waals surface area contributed by atoms with Crippen LogP contribution in [0, 0.1) is 5.82 Å². The molecule has 0 spiro atoms. The lowest BCUT2D eigenvalue weighted by Gasteiger charge is -2.25. The number of hydrogen-bond acceptors (Lipinski definition) is 6. The van der Waals surface area contributed by atoms with Crippen LogP contribution in [0.5, 0.6) is 5.88 Å². The van der Waals surface area contributed by atoms with Gasteiger partial charge in [0.1, 0.15) is 5.03 Å². The van der Waals surface area contributed by atoms with E-state index in [1.807, 2.05) is 21.2 Å². The van der Waals surface area contributed by atoms with Crippen LogP contribution in [-0.4, -0.2) is 22.3 Å². The van der Waals surface area contributed by atoms with Gasteiger partial charge < -0.3 is 10.5 Å². The van der Waals surface area contributed by atoms with Crippen molar-refractivity contribution >= 4 is 35.7 Å². The van der Waals surface area contributed by atoms with Gasteiger partial charge in [0.2, 0.25) is 0 Å². The molecule has 2 rings (SSSR count).